The lowest BCUT2D eigenvalue weighted by Gasteiger charge is -2.09. The molecule has 6 nitrogen and oxygen atoms in total. The van der Waals surface area contributed by atoms with E-state index in [2.05, 4.69) is 49.9 Å². The summed E-state index contributed by atoms with van der Waals surface area (Å²) in [5.41, 5.74) is 3.01. The van der Waals surface area contributed by atoms with E-state index < -0.39 is 0 Å². The minimum absolute atomic E-state index is 0.586. The SMILES string of the molecule is CCNc1nc(Nc2cccc(CC)c2)c2cn[nH]c2n1. The zero-order valence-corrected chi connectivity index (χ0v) is 12.1. The number of hydrogen-bond acceptors (Lipinski definition) is 5. The number of aromatic nitrogens is 4. The standard InChI is InChI=1S/C15H18N6/c1-3-10-6-5-7-11(8-10)18-13-12-9-17-21-14(12)20-15(19-13)16-4-2/h5-9H,3-4H2,1-2H3,(H3,16,17,18,19,20,21). The first-order chi connectivity index (χ1) is 10.3. The quantitative estimate of drug-likeness (QED) is 0.670. The molecule has 1 aromatic carbocycles. The van der Waals surface area contributed by atoms with Gasteiger partial charge in [0, 0.05) is 12.2 Å². The minimum Gasteiger partial charge on any atom is -0.354 e. The largest absolute Gasteiger partial charge is 0.354 e. The van der Waals surface area contributed by atoms with Crippen molar-refractivity contribution in [2.75, 3.05) is 17.2 Å². The number of nitrogens with zero attached hydrogens (tertiary/aromatic N) is 3. The third-order valence-corrected chi connectivity index (χ3v) is 3.24. The van der Waals surface area contributed by atoms with Gasteiger partial charge in [-0.05, 0) is 31.0 Å². The molecule has 0 saturated heterocycles. The first-order valence-corrected chi connectivity index (χ1v) is 7.11. The molecule has 0 bridgehead atoms. The van der Waals surface area contributed by atoms with E-state index >= 15 is 0 Å². The van der Waals surface area contributed by atoms with Gasteiger partial charge in [-0.3, -0.25) is 5.10 Å². The van der Waals surface area contributed by atoms with Gasteiger partial charge in [-0.1, -0.05) is 19.1 Å². The molecule has 0 fully saturated rings. The van der Waals surface area contributed by atoms with Crippen LogP contribution < -0.4 is 10.6 Å². The summed E-state index contributed by atoms with van der Waals surface area (Å²) in [5.74, 6) is 1.33. The second kappa shape index (κ2) is 5.78. The Morgan fingerprint density at radius 1 is 1.19 bits per heavy atom. The molecule has 3 aromatic rings. The van der Waals surface area contributed by atoms with Crippen LogP contribution in [-0.2, 0) is 6.42 Å². The highest BCUT2D eigenvalue weighted by Crippen LogP contribution is 2.24. The zero-order valence-electron chi connectivity index (χ0n) is 12.1. The third kappa shape index (κ3) is 2.79. The van der Waals surface area contributed by atoms with Gasteiger partial charge in [0.15, 0.2) is 5.65 Å². The van der Waals surface area contributed by atoms with Gasteiger partial charge in [-0.15, -0.1) is 0 Å². The Labute approximate surface area is 123 Å². The van der Waals surface area contributed by atoms with Gasteiger partial charge in [0.25, 0.3) is 0 Å². The number of anilines is 3. The van der Waals surface area contributed by atoms with Gasteiger partial charge in [-0.25, -0.2) is 0 Å². The lowest BCUT2D eigenvalue weighted by molar-refractivity contribution is 1.07. The Morgan fingerprint density at radius 3 is 2.90 bits per heavy atom. The summed E-state index contributed by atoms with van der Waals surface area (Å²) in [6.07, 6.45) is 2.74. The number of aryl methyl sites for hydroxylation is 1. The van der Waals surface area contributed by atoms with Crippen LogP contribution in [-0.4, -0.2) is 26.7 Å². The van der Waals surface area contributed by atoms with Gasteiger partial charge >= 0.3 is 0 Å². The highest BCUT2D eigenvalue weighted by Gasteiger charge is 2.09. The van der Waals surface area contributed by atoms with Gasteiger partial charge in [-0.2, -0.15) is 15.1 Å². The van der Waals surface area contributed by atoms with Crippen LogP contribution in [0.1, 0.15) is 19.4 Å². The predicted octanol–water partition coefficient (Wildman–Crippen LogP) is 3.09. The molecule has 0 amide bonds. The number of H-pyrrole nitrogens is 1. The van der Waals surface area contributed by atoms with Gasteiger partial charge in [0.05, 0.1) is 11.6 Å². The molecule has 0 saturated carbocycles. The lowest BCUT2D eigenvalue weighted by atomic mass is 10.1. The van der Waals surface area contributed by atoms with E-state index in [1.165, 1.54) is 5.56 Å². The van der Waals surface area contributed by atoms with E-state index in [0.717, 1.165) is 35.5 Å². The molecule has 0 aliphatic heterocycles. The first kappa shape index (κ1) is 13.4. The Bertz CT molecular complexity index is 749. The normalized spacial score (nSPS) is 10.8. The van der Waals surface area contributed by atoms with E-state index in [-0.39, 0.29) is 0 Å². The molecular formula is C15H18N6. The molecule has 108 valence electrons. The van der Waals surface area contributed by atoms with Gasteiger partial charge < -0.3 is 10.6 Å². The fraction of sp³-hybridized carbons (Fsp3) is 0.267. The van der Waals surface area contributed by atoms with E-state index in [9.17, 15) is 0 Å². The average Bonchev–Trinajstić information content (AvgIpc) is 2.96. The third-order valence-electron chi connectivity index (χ3n) is 3.24. The van der Waals surface area contributed by atoms with Crippen LogP contribution in [0.3, 0.4) is 0 Å². The summed E-state index contributed by atoms with van der Waals surface area (Å²) < 4.78 is 0. The van der Waals surface area contributed by atoms with Crippen molar-refractivity contribution in [1.82, 2.24) is 20.2 Å². The monoisotopic (exact) mass is 282 g/mol. The molecule has 3 N–H and O–H groups in total. The fourth-order valence-electron chi connectivity index (χ4n) is 2.17. The summed E-state index contributed by atoms with van der Waals surface area (Å²) in [7, 11) is 0. The van der Waals surface area contributed by atoms with Crippen molar-refractivity contribution in [3.05, 3.63) is 36.0 Å². The number of benzene rings is 1. The Morgan fingerprint density at radius 2 is 2.10 bits per heavy atom. The molecule has 3 rings (SSSR count). The summed E-state index contributed by atoms with van der Waals surface area (Å²) >= 11 is 0. The summed E-state index contributed by atoms with van der Waals surface area (Å²) in [6.45, 7) is 4.92. The molecule has 6 heteroatoms. The minimum atomic E-state index is 0.586. The smallest absolute Gasteiger partial charge is 0.226 e. The second-order valence-electron chi connectivity index (χ2n) is 4.74. The second-order valence-corrected chi connectivity index (χ2v) is 4.74. The van der Waals surface area contributed by atoms with E-state index in [4.69, 9.17) is 0 Å². The summed E-state index contributed by atoms with van der Waals surface area (Å²) in [4.78, 5) is 8.90. The Balaban J connectivity index is 1.99. The van der Waals surface area contributed by atoms with E-state index in [1.54, 1.807) is 6.20 Å². The Kier molecular flexibility index (Phi) is 3.68. The molecule has 0 atom stereocenters. The molecule has 0 radical (unpaired) electrons. The maximum atomic E-state index is 4.52. The highest BCUT2D eigenvalue weighted by atomic mass is 15.2. The number of aromatic amines is 1. The van der Waals surface area contributed by atoms with Gasteiger partial charge in [0.1, 0.15) is 5.82 Å². The van der Waals surface area contributed by atoms with Crippen molar-refractivity contribution in [3.63, 3.8) is 0 Å². The average molecular weight is 282 g/mol. The highest BCUT2D eigenvalue weighted by molar-refractivity contribution is 5.89. The van der Waals surface area contributed by atoms with Crippen molar-refractivity contribution in [1.29, 1.82) is 0 Å². The topological polar surface area (TPSA) is 78.5 Å². The van der Waals surface area contributed by atoms with Gasteiger partial charge in [0.2, 0.25) is 5.95 Å². The lowest BCUT2D eigenvalue weighted by Crippen LogP contribution is -2.05. The maximum absolute atomic E-state index is 4.52. The number of fused-ring (bicyclic) bond motifs is 1. The molecule has 0 spiro atoms. The molecule has 0 unspecified atom stereocenters. The molecule has 0 aliphatic carbocycles. The summed E-state index contributed by atoms with van der Waals surface area (Å²) in [5, 5.41) is 14.3. The first-order valence-electron chi connectivity index (χ1n) is 7.11. The molecule has 21 heavy (non-hydrogen) atoms. The van der Waals surface area contributed by atoms with Crippen molar-refractivity contribution >= 4 is 28.5 Å². The van der Waals surface area contributed by atoms with Crippen molar-refractivity contribution < 1.29 is 0 Å². The van der Waals surface area contributed by atoms with Crippen LogP contribution in [0.4, 0.5) is 17.5 Å². The molecule has 2 aromatic heterocycles. The number of hydrogen-bond donors (Lipinski definition) is 3. The van der Waals surface area contributed by atoms with E-state index in [0.29, 0.717) is 5.95 Å². The number of nitrogens with one attached hydrogen (secondary N) is 3. The molecular weight excluding hydrogens is 264 g/mol. The van der Waals surface area contributed by atoms with Crippen LogP contribution in [0, 0.1) is 0 Å². The number of rotatable bonds is 5. The van der Waals surface area contributed by atoms with Crippen LogP contribution in [0.5, 0.6) is 0 Å². The molecule has 2 heterocycles. The molecule has 0 aliphatic rings. The van der Waals surface area contributed by atoms with Crippen LogP contribution in [0.25, 0.3) is 11.0 Å². The van der Waals surface area contributed by atoms with Crippen molar-refractivity contribution in [3.8, 4) is 0 Å². The van der Waals surface area contributed by atoms with Crippen LogP contribution in [0.15, 0.2) is 30.5 Å². The van der Waals surface area contributed by atoms with Crippen LogP contribution >= 0.6 is 0 Å². The summed E-state index contributed by atoms with van der Waals surface area (Å²) in [6, 6.07) is 8.31. The predicted molar refractivity (Wildman–Crippen MR) is 85.0 cm³/mol. The van der Waals surface area contributed by atoms with Crippen molar-refractivity contribution in [2.45, 2.75) is 20.3 Å². The Hall–Kier alpha value is -2.63. The van der Waals surface area contributed by atoms with Crippen LogP contribution in [0.2, 0.25) is 0 Å². The maximum Gasteiger partial charge on any atom is 0.226 e. The zero-order chi connectivity index (χ0) is 14.7. The van der Waals surface area contributed by atoms with E-state index in [1.807, 2.05) is 19.1 Å². The fourth-order valence-corrected chi connectivity index (χ4v) is 2.17. The van der Waals surface area contributed by atoms with Crippen molar-refractivity contribution in [2.24, 2.45) is 0 Å².